The minimum atomic E-state index is -3.27. The number of pyridine rings is 1. The van der Waals surface area contributed by atoms with Crippen LogP contribution in [0.3, 0.4) is 0 Å². The van der Waals surface area contributed by atoms with Crippen molar-refractivity contribution >= 4 is 32.5 Å². The van der Waals surface area contributed by atoms with Gasteiger partial charge in [-0.2, -0.15) is 5.10 Å². The maximum atomic E-state index is 12.9. The number of nitrogens with one attached hydrogen (secondary N) is 1. The number of hydrogen-bond donors (Lipinski definition) is 1. The van der Waals surface area contributed by atoms with Crippen LogP contribution in [-0.2, 0) is 21.1 Å². The number of rotatable bonds is 7. The smallest absolute Gasteiger partial charge is 0.230 e. The van der Waals surface area contributed by atoms with Crippen molar-refractivity contribution in [2.45, 2.75) is 36.3 Å². The first-order valence-electron chi connectivity index (χ1n) is 11.9. The Kier molecular flexibility index (Phi) is 5.60. The van der Waals surface area contributed by atoms with Gasteiger partial charge in [-0.1, -0.05) is 12.1 Å². The Hall–Kier alpha value is -4.31. The van der Waals surface area contributed by atoms with E-state index < -0.39 is 9.84 Å². The Bertz CT molecular complexity index is 1730. The highest BCUT2D eigenvalue weighted by Gasteiger charge is 2.36. The molecular weight excluding hydrogens is 490 g/mol. The fourth-order valence-corrected chi connectivity index (χ4v) is 5.88. The summed E-state index contributed by atoms with van der Waals surface area (Å²) >= 11 is 0. The van der Waals surface area contributed by atoms with Crippen molar-refractivity contribution in [1.29, 1.82) is 0 Å². The van der Waals surface area contributed by atoms with Gasteiger partial charge in [0.2, 0.25) is 5.91 Å². The molecule has 3 aromatic heterocycles. The number of amides is 1. The van der Waals surface area contributed by atoms with Gasteiger partial charge in [0, 0.05) is 16.9 Å². The summed E-state index contributed by atoms with van der Waals surface area (Å²) < 4.78 is 32.0. The highest BCUT2D eigenvalue weighted by Crippen LogP contribution is 2.34. The largest absolute Gasteiger partial charge is 0.443 e. The molecule has 0 unspecified atom stereocenters. The molecule has 10 heteroatoms. The van der Waals surface area contributed by atoms with Crippen molar-refractivity contribution in [1.82, 2.24) is 19.7 Å². The minimum Gasteiger partial charge on any atom is -0.443 e. The fourth-order valence-electron chi connectivity index (χ4n) is 4.23. The van der Waals surface area contributed by atoms with E-state index in [-0.39, 0.29) is 22.5 Å². The molecular formula is C27H23N5O4S. The lowest BCUT2D eigenvalue weighted by Gasteiger charge is -2.07. The van der Waals surface area contributed by atoms with E-state index in [0.717, 1.165) is 22.5 Å². The van der Waals surface area contributed by atoms with Crippen molar-refractivity contribution in [2.75, 3.05) is 5.32 Å². The van der Waals surface area contributed by atoms with Gasteiger partial charge in [-0.25, -0.2) is 23.1 Å². The molecule has 9 nitrogen and oxygen atoms in total. The summed E-state index contributed by atoms with van der Waals surface area (Å²) in [6, 6.07) is 19.5. The van der Waals surface area contributed by atoms with Crippen molar-refractivity contribution in [3.05, 3.63) is 84.5 Å². The molecule has 6 rings (SSSR count). The number of benzene rings is 2. The number of nitrogens with zero attached hydrogens (tertiary/aromatic N) is 4. The number of carbonyl (C=O) groups excluding carboxylic acids is 1. The van der Waals surface area contributed by atoms with Crippen LogP contribution < -0.4 is 5.32 Å². The molecule has 1 aliphatic carbocycles. The molecule has 5 aromatic rings. The summed E-state index contributed by atoms with van der Waals surface area (Å²) in [6.07, 6.45) is 2.84. The second kappa shape index (κ2) is 8.97. The number of aromatic nitrogens is 4. The normalized spacial score (nSPS) is 13.6. The van der Waals surface area contributed by atoms with Gasteiger partial charge in [0.1, 0.15) is 5.52 Å². The minimum absolute atomic E-state index is 0.0263. The SMILES string of the molecule is Cc1cccc(-n2nc(CC(=O)Nc3ccc(S(=O)(=O)C4CC4)cc3)cc2-c2ccc3ncoc3c2)n1. The zero-order chi connectivity index (χ0) is 25.6. The number of anilines is 1. The van der Waals surface area contributed by atoms with Gasteiger partial charge in [-0.15, -0.1) is 0 Å². The molecule has 0 radical (unpaired) electrons. The third-order valence-electron chi connectivity index (χ3n) is 6.25. The lowest BCUT2D eigenvalue weighted by Crippen LogP contribution is -2.15. The van der Waals surface area contributed by atoms with E-state index in [2.05, 4.69) is 20.4 Å². The Morgan fingerprint density at radius 2 is 1.89 bits per heavy atom. The van der Waals surface area contributed by atoms with Gasteiger partial charge in [-0.3, -0.25) is 4.79 Å². The van der Waals surface area contributed by atoms with E-state index in [1.54, 1.807) is 28.9 Å². The standard InChI is InChI=1S/C27H23N5O4S/c1-17-3-2-4-26(29-17)32-24(18-5-12-23-25(13-18)36-16-28-23)14-20(31-32)15-27(33)30-19-6-8-21(9-7-19)37(34,35)22-10-11-22/h2-9,12-14,16,22H,10-11,15H2,1H3,(H,30,33). The summed E-state index contributed by atoms with van der Waals surface area (Å²) in [7, 11) is -3.27. The van der Waals surface area contributed by atoms with E-state index in [0.29, 0.717) is 35.6 Å². The Morgan fingerprint density at radius 1 is 1.08 bits per heavy atom. The van der Waals surface area contributed by atoms with Crippen LogP contribution in [0.4, 0.5) is 5.69 Å². The maximum absolute atomic E-state index is 12.9. The van der Waals surface area contributed by atoms with Crippen molar-refractivity contribution in [2.24, 2.45) is 0 Å². The summed E-state index contributed by atoms with van der Waals surface area (Å²) in [5.41, 5.74) is 4.92. The van der Waals surface area contributed by atoms with Gasteiger partial charge in [0.25, 0.3) is 0 Å². The first kappa shape index (κ1) is 23.1. The molecule has 0 aliphatic heterocycles. The number of oxazole rings is 1. The monoisotopic (exact) mass is 513 g/mol. The summed E-state index contributed by atoms with van der Waals surface area (Å²) in [5.74, 6) is 0.365. The highest BCUT2D eigenvalue weighted by atomic mass is 32.2. The number of carbonyl (C=O) groups is 1. The molecule has 2 aromatic carbocycles. The number of fused-ring (bicyclic) bond motifs is 1. The van der Waals surface area contributed by atoms with Crippen molar-refractivity contribution in [3.8, 4) is 17.1 Å². The molecule has 1 saturated carbocycles. The van der Waals surface area contributed by atoms with E-state index in [1.165, 1.54) is 6.39 Å². The number of aryl methyl sites for hydroxylation is 1. The van der Waals surface area contributed by atoms with E-state index in [1.807, 2.05) is 49.4 Å². The maximum Gasteiger partial charge on any atom is 0.230 e. The lowest BCUT2D eigenvalue weighted by molar-refractivity contribution is -0.115. The van der Waals surface area contributed by atoms with E-state index >= 15 is 0 Å². The zero-order valence-corrected chi connectivity index (χ0v) is 20.8. The number of sulfone groups is 1. The highest BCUT2D eigenvalue weighted by molar-refractivity contribution is 7.92. The first-order valence-corrected chi connectivity index (χ1v) is 13.4. The zero-order valence-electron chi connectivity index (χ0n) is 20.0. The first-order chi connectivity index (χ1) is 17.9. The van der Waals surface area contributed by atoms with E-state index in [9.17, 15) is 13.2 Å². The van der Waals surface area contributed by atoms with E-state index in [4.69, 9.17) is 4.42 Å². The fraction of sp³-hybridized carbons (Fsp3) is 0.185. The average molecular weight is 514 g/mol. The van der Waals surface area contributed by atoms with Crippen LogP contribution in [0.15, 0.2) is 82.4 Å². The molecule has 1 aliphatic rings. The predicted octanol–water partition coefficient (Wildman–Crippen LogP) is 4.50. The summed E-state index contributed by atoms with van der Waals surface area (Å²) in [5, 5.41) is 7.24. The Labute approximate surface area is 213 Å². The van der Waals surface area contributed by atoms with Crippen LogP contribution >= 0.6 is 0 Å². The molecule has 0 bridgehead atoms. The quantitative estimate of drug-likeness (QED) is 0.340. The molecule has 186 valence electrons. The molecule has 1 N–H and O–H groups in total. The second-order valence-corrected chi connectivity index (χ2v) is 11.3. The average Bonchev–Trinajstić information content (AvgIpc) is 3.51. The Balaban J connectivity index is 1.27. The van der Waals surface area contributed by atoms with Crippen LogP contribution in [0.1, 0.15) is 24.2 Å². The van der Waals surface area contributed by atoms with Gasteiger partial charge >= 0.3 is 0 Å². The number of hydrogen-bond acceptors (Lipinski definition) is 7. The van der Waals surface area contributed by atoms with Crippen molar-refractivity contribution in [3.63, 3.8) is 0 Å². The molecule has 1 amide bonds. The van der Waals surface area contributed by atoms with Crippen LogP contribution in [0, 0.1) is 6.92 Å². The van der Waals surface area contributed by atoms with Crippen LogP contribution in [-0.4, -0.2) is 39.3 Å². The van der Waals surface area contributed by atoms with Gasteiger partial charge in [0.15, 0.2) is 27.6 Å². The molecule has 0 saturated heterocycles. The van der Waals surface area contributed by atoms with Crippen molar-refractivity contribution < 1.29 is 17.6 Å². The molecule has 37 heavy (non-hydrogen) atoms. The molecule has 3 heterocycles. The molecule has 1 fully saturated rings. The van der Waals surface area contributed by atoms with Gasteiger partial charge < -0.3 is 9.73 Å². The Morgan fingerprint density at radius 3 is 2.65 bits per heavy atom. The third-order valence-corrected chi connectivity index (χ3v) is 8.53. The van der Waals surface area contributed by atoms with Gasteiger partial charge in [0.05, 0.1) is 28.0 Å². The van der Waals surface area contributed by atoms with Crippen LogP contribution in [0.25, 0.3) is 28.2 Å². The summed E-state index contributed by atoms with van der Waals surface area (Å²) in [6.45, 7) is 1.91. The topological polar surface area (TPSA) is 120 Å². The van der Waals surface area contributed by atoms with Crippen LogP contribution in [0.2, 0.25) is 0 Å². The van der Waals surface area contributed by atoms with Crippen LogP contribution in [0.5, 0.6) is 0 Å². The summed E-state index contributed by atoms with van der Waals surface area (Å²) in [4.78, 5) is 21.9. The molecule has 0 atom stereocenters. The lowest BCUT2D eigenvalue weighted by atomic mass is 10.1. The van der Waals surface area contributed by atoms with Gasteiger partial charge in [-0.05, 0) is 74.4 Å². The third kappa shape index (κ3) is 4.63. The molecule has 0 spiro atoms. The second-order valence-electron chi connectivity index (χ2n) is 9.10. The predicted molar refractivity (Wildman–Crippen MR) is 138 cm³/mol.